The third-order valence-corrected chi connectivity index (χ3v) is 3.40. The lowest BCUT2D eigenvalue weighted by atomic mass is 10.00. The second kappa shape index (κ2) is 6.51. The van der Waals surface area contributed by atoms with Gasteiger partial charge in [0.1, 0.15) is 24.1 Å². The molecule has 0 aromatic heterocycles. The molecule has 0 saturated carbocycles. The highest BCUT2D eigenvalue weighted by Crippen LogP contribution is 2.23. The molecule has 1 aliphatic heterocycles. The van der Waals surface area contributed by atoms with E-state index in [-0.39, 0.29) is 6.61 Å². The van der Waals surface area contributed by atoms with Crippen molar-refractivity contribution in [2.24, 2.45) is 0 Å². The predicted molar refractivity (Wildman–Crippen MR) is 70.1 cm³/mol. The number of hydrogen-bond donors (Lipinski definition) is 3. The van der Waals surface area contributed by atoms with Gasteiger partial charge in [-0.2, -0.15) is 0 Å². The van der Waals surface area contributed by atoms with Crippen molar-refractivity contribution in [1.29, 1.82) is 0 Å². The molecule has 0 unspecified atom stereocenters. The van der Waals surface area contributed by atoms with Gasteiger partial charge in [-0.3, -0.25) is 0 Å². The SMILES string of the molecule is COc1ccc(CO[C@@H]2[C@@H](O)[C@@H](O)[C@@H](O)O[C@H]2C)cc1. The highest BCUT2D eigenvalue weighted by atomic mass is 16.6. The maximum Gasteiger partial charge on any atom is 0.183 e. The summed E-state index contributed by atoms with van der Waals surface area (Å²) in [6.07, 6.45) is -5.16. The number of benzene rings is 1. The number of aliphatic hydroxyl groups excluding tert-OH is 3. The van der Waals surface area contributed by atoms with Crippen molar-refractivity contribution in [3.8, 4) is 5.75 Å². The van der Waals surface area contributed by atoms with Gasteiger partial charge in [-0.1, -0.05) is 12.1 Å². The second-order valence-electron chi connectivity index (χ2n) is 4.84. The van der Waals surface area contributed by atoms with E-state index in [1.165, 1.54) is 0 Å². The third-order valence-electron chi connectivity index (χ3n) is 3.40. The molecule has 0 aliphatic carbocycles. The Kier molecular flexibility index (Phi) is 4.95. The van der Waals surface area contributed by atoms with Crippen LogP contribution in [0, 0.1) is 0 Å². The Hall–Kier alpha value is -1.18. The number of rotatable bonds is 4. The van der Waals surface area contributed by atoms with Crippen molar-refractivity contribution in [3.05, 3.63) is 29.8 Å². The Morgan fingerprint density at radius 1 is 1.10 bits per heavy atom. The summed E-state index contributed by atoms with van der Waals surface area (Å²) in [5.74, 6) is 0.752. The summed E-state index contributed by atoms with van der Waals surface area (Å²) >= 11 is 0. The lowest BCUT2D eigenvalue weighted by Crippen LogP contribution is -2.57. The van der Waals surface area contributed by atoms with Gasteiger partial charge in [-0.25, -0.2) is 0 Å². The van der Waals surface area contributed by atoms with Crippen LogP contribution in [0.2, 0.25) is 0 Å². The number of aliphatic hydroxyl groups is 3. The lowest BCUT2D eigenvalue weighted by molar-refractivity contribution is -0.287. The summed E-state index contributed by atoms with van der Waals surface area (Å²) in [7, 11) is 1.59. The van der Waals surface area contributed by atoms with E-state index in [1.807, 2.05) is 24.3 Å². The van der Waals surface area contributed by atoms with Crippen LogP contribution in [0.15, 0.2) is 24.3 Å². The number of ether oxygens (including phenoxy) is 3. The van der Waals surface area contributed by atoms with Crippen LogP contribution in [0.3, 0.4) is 0 Å². The Labute approximate surface area is 117 Å². The molecule has 1 fully saturated rings. The van der Waals surface area contributed by atoms with Gasteiger partial charge in [-0.15, -0.1) is 0 Å². The van der Waals surface area contributed by atoms with E-state index in [9.17, 15) is 15.3 Å². The van der Waals surface area contributed by atoms with Crippen LogP contribution in [-0.2, 0) is 16.1 Å². The van der Waals surface area contributed by atoms with Crippen LogP contribution in [0.25, 0.3) is 0 Å². The van der Waals surface area contributed by atoms with E-state index in [4.69, 9.17) is 14.2 Å². The molecule has 3 N–H and O–H groups in total. The maximum atomic E-state index is 9.90. The fourth-order valence-corrected chi connectivity index (χ4v) is 2.17. The average molecular weight is 284 g/mol. The molecule has 0 bridgehead atoms. The Balaban J connectivity index is 1.94. The van der Waals surface area contributed by atoms with Crippen molar-refractivity contribution in [3.63, 3.8) is 0 Å². The van der Waals surface area contributed by atoms with Crippen LogP contribution in [0.4, 0.5) is 0 Å². The molecular weight excluding hydrogens is 264 g/mol. The summed E-state index contributed by atoms with van der Waals surface area (Å²) in [4.78, 5) is 0. The summed E-state index contributed by atoms with van der Waals surface area (Å²) < 4.78 is 15.8. The van der Waals surface area contributed by atoms with Crippen LogP contribution < -0.4 is 4.74 Å². The van der Waals surface area contributed by atoms with Gasteiger partial charge >= 0.3 is 0 Å². The van der Waals surface area contributed by atoms with E-state index >= 15 is 0 Å². The summed E-state index contributed by atoms with van der Waals surface area (Å²) in [5, 5.41) is 28.9. The maximum absolute atomic E-state index is 9.90. The number of hydrogen-bond acceptors (Lipinski definition) is 6. The van der Waals surface area contributed by atoms with Gasteiger partial charge in [-0.05, 0) is 24.6 Å². The minimum atomic E-state index is -1.39. The largest absolute Gasteiger partial charge is 0.497 e. The van der Waals surface area contributed by atoms with Crippen molar-refractivity contribution < 1.29 is 29.5 Å². The normalized spacial score (nSPS) is 34.0. The third kappa shape index (κ3) is 3.28. The zero-order chi connectivity index (χ0) is 14.7. The van der Waals surface area contributed by atoms with Crippen LogP contribution in [0.5, 0.6) is 5.75 Å². The topological polar surface area (TPSA) is 88.4 Å². The second-order valence-corrected chi connectivity index (χ2v) is 4.84. The first-order valence-electron chi connectivity index (χ1n) is 6.47. The molecular formula is C14H20O6. The highest BCUT2D eigenvalue weighted by molar-refractivity contribution is 5.26. The first kappa shape index (κ1) is 15.2. The summed E-state index contributed by atoms with van der Waals surface area (Å²) in [6, 6.07) is 7.33. The van der Waals surface area contributed by atoms with Gasteiger partial charge in [0, 0.05) is 0 Å². The average Bonchev–Trinajstić information content (AvgIpc) is 2.45. The molecule has 2 rings (SSSR count). The van der Waals surface area contributed by atoms with Gasteiger partial charge < -0.3 is 29.5 Å². The molecule has 6 heteroatoms. The smallest absolute Gasteiger partial charge is 0.183 e. The zero-order valence-corrected chi connectivity index (χ0v) is 11.5. The van der Waals surface area contributed by atoms with Gasteiger partial charge in [0.15, 0.2) is 6.29 Å². The molecule has 1 heterocycles. The zero-order valence-electron chi connectivity index (χ0n) is 11.5. The van der Waals surface area contributed by atoms with E-state index < -0.39 is 30.7 Å². The fraction of sp³-hybridized carbons (Fsp3) is 0.571. The van der Waals surface area contributed by atoms with Crippen LogP contribution in [0.1, 0.15) is 12.5 Å². The van der Waals surface area contributed by atoms with E-state index in [2.05, 4.69) is 0 Å². The van der Waals surface area contributed by atoms with Crippen LogP contribution >= 0.6 is 0 Å². The summed E-state index contributed by atoms with van der Waals surface area (Å²) in [6.45, 7) is 1.94. The Morgan fingerprint density at radius 2 is 1.75 bits per heavy atom. The highest BCUT2D eigenvalue weighted by Gasteiger charge is 2.42. The molecule has 20 heavy (non-hydrogen) atoms. The van der Waals surface area contributed by atoms with Crippen molar-refractivity contribution in [2.45, 2.75) is 44.2 Å². The van der Waals surface area contributed by atoms with E-state index in [0.717, 1.165) is 11.3 Å². The first-order chi connectivity index (χ1) is 9.52. The molecule has 5 atom stereocenters. The van der Waals surface area contributed by atoms with Gasteiger partial charge in [0.05, 0.1) is 19.8 Å². The molecule has 0 amide bonds. The quantitative estimate of drug-likeness (QED) is 0.723. The molecule has 6 nitrogen and oxygen atoms in total. The van der Waals surface area contributed by atoms with Gasteiger partial charge in [0.2, 0.25) is 0 Å². The first-order valence-corrected chi connectivity index (χ1v) is 6.47. The fourth-order valence-electron chi connectivity index (χ4n) is 2.17. The Bertz CT molecular complexity index is 420. The summed E-state index contributed by atoms with van der Waals surface area (Å²) in [5.41, 5.74) is 0.908. The van der Waals surface area contributed by atoms with Gasteiger partial charge in [0.25, 0.3) is 0 Å². The number of methoxy groups -OCH3 is 1. The van der Waals surface area contributed by atoms with Crippen LogP contribution in [-0.4, -0.2) is 53.1 Å². The van der Waals surface area contributed by atoms with E-state index in [0.29, 0.717) is 0 Å². The molecule has 0 spiro atoms. The molecule has 112 valence electrons. The van der Waals surface area contributed by atoms with Crippen molar-refractivity contribution in [2.75, 3.05) is 7.11 Å². The molecule has 0 radical (unpaired) electrons. The molecule has 1 saturated heterocycles. The Morgan fingerprint density at radius 3 is 2.35 bits per heavy atom. The van der Waals surface area contributed by atoms with Crippen molar-refractivity contribution in [1.82, 2.24) is 0 Å². The van der Waals surface area contributed by atoms with E-state index in [1.54, 1.807) is 14.0 Å². The standard InChI is InChI=1S/C14H20O6/c1-8-13(11(15)12(16)14(17)20-8)19-7-9-3-5-10(18-2)6-4-9/h3-6,8,11-17H,7H2,1-2H3/t8-,11-,12+,13-,14-/m0/s1. The minimum absolute atomic E-state index is 0.266. The minimum Gasteiger partial charge on any atom is -0.497 e. The molecule has 1 aliphatic rings. The lowest BCUT2D eigenvalue weighted by Gasteiger charge is -2.39. The molecule has 1 aromatic carbocycles. The molecule has 1 aromatic rings. The predicted octanol–water partition coefficient (Wildman–Crippen LogP) is 0.0393. The van der Waals surface area contributed by atoms with Crippen molar-refractivity contribution >= 4 is 0 Å². The monoisotopic (exact) mass is 284 g/mol.